The van der Waals surface area contributed by atoms with E-state index in [0.717, 1.165) is 38.4 Å². The molecule has 1 saturated carbocycles. The maximum Gasteiger partial charge on any atom is 0.255 e. The van der Waals surface area contributed by atoms with E-state index in [9.17, 15) is 4.79 Å². The molecule has 5 heteroatoms. The molecule has 24 heavy (non-hydrogen) atoms. The summed E-state index contributed by atoms with van der Waals surface area (Å²) in [5, 5.41) is 3.50. The molecule has 2 fully saturated rings. The van der Waals surface area contributed by atoms with Crippen LogP contribution in [0.5, 0.6) is 0 Å². The summed E-state index contributed by atoms with van der Waals surface area (Å²) in [6.07, 6.45) is 10.3. The largest absolute Gasteiger partial charge is 0.384 e. The Balaban J connectivity index is 1.57. The zero-order valence-corrected chi connectivity index (χ0v) is 14.7. The Bertz CT molecular complexity index is 524. The second kappa shape index (κ2) is 8.47. The first-order valence-corrected chi connectivity index (χ1v) is 9.27. The fraction of sp³-hybridized carbons (Fsp3) is 0.684. The number of piperidine rings is 1. The van der Waals surface area contributed by atoms with E-state index in [1.54, 1.807) is 13.3 Å². The molecule has 1 aromatic rings. The van der Waals surface area contributed by atoms with Gasteiger partial charge in [-0.2, -0.15) is 0 Å². The van der Waals surface area contributed by atoms with Crippen LogP contribution in [0.15, 0.2) is 18.3 Å². The van der Waals surface area contributed by atoms with Crippen molar-refractivity contribution < 1.29 is 9.53 Å². The number of carbonyl (C=O) groups excluding carboxylic acids is 1. The zero-order chi connectivity index (χ0) is 16.8. The smallest absolute Gasteiger partial charge is 0.255 e. The first-order valence-electron chi connectivity index (χ1n) is 9.27. The maximum absolute atomic E-state index is 12.7. The van der Waals surface area contributed by atoms with Gasteiger partial charge in [0.05, 0.1) is 12.2 Å². The predicted molar refractivity (Wildman–Crippen MR) is 95.2 cm³/mol. The summed E-state index contributed by atoms with van der Waals surface area (Å²) in [6, 6.07) is 4.38. The Labute approximate surface area is 144 Å². The number of nitrogens with zero attached hydrogens (tertiary/aromatic N) is 2. The number of nitrogens with one attached hydrogen (secondary N) is 1. The summed E-state index contributed by atoms with van der Waals surface area (Å²) in [4.78, 5) is 19.1. The molecule has 1 saturated heterocycles. The molecule has 5 nitrogen and oxygen atoms in total. The lowest BCUT2D eigenvalue weighted by Crippen LogP contribution is -2.41. The van der Waals surface area contributed by atoms with E-state index in [1.165, 1.54) is 32.1 Å². The topological polar surface area (TPSA) is 54.5 Å². The first kappa shape index (κ1) is 17.2. The molecule has 2 heterocycles. The predicted octanol–water partition coefficient (Wildman–Crippen LogP) is 3.32. The fourth-order valence-electron chi connectivity index (χ4n) is 3.87. The van der Waals surface area contributed by atoms with Gasteiger partial charge in [-0.3, -0.25) is 4.79 Å². The lowest BCUT2D eigenvalue weighted by molar-refractivity contribution is 0.0570. The van der Waals surface area contributed by atoms with Crippen LogP contribution in [0.25, 0.3) is 0 Å². The van der Waals surface area contributed by atoms with Gasteiger partial charge in [0.1, 0.15) is 5.82 Å². The summed E-state index contributed by atoms with van der Waals surface area (Å²) in [7, 11) is 1.72. The molecule has 1 amide bonds. The summed E-state index contributed by atoms with van der Waals surface area (Å²) in [5.74, 6) is 1.43. The van der Waals surface area contributed by atoms with Crippen molar-refractivity contribution in [2.45, 2.75) is 51.0 Å². The Morgan fingerprint density at radius 2 is 2.08 bits per heavy atom. The molecule has 3 rings (SSSR count). The van der Waals surface area contributed by atoms with Crippen LogP contribution < -0.4 is 5.32 Å². The fourth-order valence-corrected chi connectivity index (χ4v) is 3.87. The van der Waals surface area contributed by atoms with Crippen LogP contribution in [0.2, 0.25) is 0 Å². The highest BCUT2D eigenvalue weighted by Gasteiger charge is 2.24. The normalized spacial score (nSPS) is 22.4. The molecule has 1 atom stereocenters. The third kappa shape index (κ3) is 4.47. The zero-order valence-electron chi connectivity index (χ0n) is 14.7. The van der Waals surface area contributed by atoms with Crippen molar-refractivity contribution in [3.05, 3.63) is 23.9 Å². The van der Waals surface area contributed by atoms with Gasteiger partial charge in [-0.05, 0) is 43.7 Å². The minimum Gasteiger partial charge on any atom is -0.384 e. The van der Waals surface area contributed by atoms with Crippen molar-refractivity contribution in [2.24, 2.45) is 5.92 Å². The second-order valence-corrected chi connectivity index (χ2v) is 7.13. The number of hydrogen-bond donors (Lipinski definition) is 1. The number of likely N-dealkylation sites (tertiary alicyclic amines) is 1. The Hall–Kier alpha value is -1.62. The van der Waals surface area contributed by atoms with Gasteiger partial charge in [0.15, 0.2) is 0 Å². The lowest BCUT2D eigenvalue weighted by Gasteiger charge is -2.32. The maximum atomic E-state index is 12.7. The SMILES string of the molecule is COCC1CCCN(C(=O)c2ccc(NC3CCCCC3)nc2)C1. The highest BCUT2D eigenvalue weighted by atomic mass is 16.5. The van der Waals surface area contributed by atoms with Crippen LogP contribution in [0, 0.1) is 5.92 Å². The van der Waals surface area contributed by atoms with Crippen molar-refractivity contribution in [2.75, 3.05) is 32.1 Å². The van der Waals surface area contributed by atoms with Crippen LogP contribution in [-0.2, 0) is 4.74 Å². The van der Waals surface area contributed by atoms with Gasteiger partial charge in [0.2, 0.25) is 0 Å². The standard InChI is InChI=1S/C19H29N3O2/c1-24-14-15-6-5-11-22(13-15)19(23)16-9-10-18(20-12-16)21-17-7-3-2-4-8-17/h9-10,12,15,17H,2-8,11,13-14H2,1H3,(H,20,21). The van der Waals surface area contributed by atoms with Crippen molar-refractivity contribution in [3.63, 3.8) is 0 Å². The highest BCUT2D eigenvalue weighted by molar-refractivity contribution is 5.94. The molecular weight excluding hydrogens is 302 g/mol. The second-order valence-electron chi connectivity index (χ2n) is 7.13. The Morgan fingerprint density at radius 3 is 2.79 bits per heavy atom. The number of methoxy groups -OCH3 is 1. The number of anilines is 1. The quantitative estimate of drug-likeness (QED) is 0.899. The molecule has 0 spiro atoms. The van der Waals surface area contributed by atoms with Gasteiger partial charge in [-0.25, -0.2) is 4.98 Å². The molecule has 0 bridgehead atoms. The number of hydrogen-bond acceptors (Lipinski definition) is 4. The molecule has 1 aliphatic carbocycles. The third-order valence-electron chi connectivity index (χ3n) is 5.18. The molecule has 1 aromatic heterocycles. The van der Waals surface area contributed by atoms with Crippen LogP contribution in [0.1, 0.15) is 55.3 Å². The number of pyridine rings is 1. The van der Waals surface area contributed by atoms with Crippen molar-refractivity contribution in [1.82, 2.24) is 9.88 Å². The Kier molecular flexibility index (Phi) is 6.07. The minimum absolute atomic E-state index is 0.0903. The van der Waals surface area contributed by atoms with Crippen molar-refractivity contribution in [3.8, 4) is 0 Å². The van der Waals surface area contributed by atoms with E-state index in [4.69, 9.17) is 4.74 Å². The van der Waals surface area contributed by atoms with Crippen LogP contribution in [0.3, 0.4) is 0 Å². The van der Waals surface area contributed by atoms with E-state index in [-0.39, 0.29) is 5.91 Å². The molecule has 1 aliphatic heterocycles. The number of aromatic nitrogens is 1. The highest BCUT2D eigenvalue weighted by Crippen LogP contribution is 2.22. The molecular formula is C19H29N3O2. The first-order chi connectivity index (χ1) is 11.8. The van der Waals surface area contributed by atoms with E-state index < -0.39 is 0 Å². The molecule has 132 valence electrons. The molecule has 0 aromatic carbocycles. The number of carbonyl (C=O) groups is 1. The lowest BCUT2D eigenvalue weighted by atomic mass is 9.95. The van der Waals surface area contributed by atoms with E-state index in [2.05, 4.69) is 10.3 Å². The number of amides is 1. The molecule has 1 N–H and O–H groups in total. The van der Waals surface area contributed by atoms with E-state index in [0.29, 0.717) is 17.5 Å². The Morgan fingerprint density at radius 1 is 1.25 bits per heavy atom. The van der Waals surface area contributed by atoms with E-state index in [1.807, 2.05) is 17.0 Å². The van der Waals surface area contributed by atoms with Gasteiger partial charge < -0.3 is 15.0 Å². The molecule has 2 aliphatic rings. The monoisotopic (exact) mass is 331 g/mol. The molecule has 1 unspecified atom stereocenters. The van der Waals surface area contributed by atoms with Gasteiger partial charge in [-0.15, -0.1) is 0 Å². The number of rotatable bonds is 5. The van der Waals surface area contributed by atoms with Crippen LogP contribution in [0.4, 0.5) is 5.82 Å². The van der Waals surface area contributed by atoms with E-state index >= 15 is 0 Å². The molecule has 0 radical (unpaired) electrons. The van der Waals surface area contributed by atoms with Crippen molar-refractivity contribution >= 4 is 11.7 Å². The minimum atomic E-state index is 0.0903. The third-order valence-corrected chi connectivity index (χ3v) is 5.18. The van der Waals surface area contributed by atoms with Gasteiger partial charge in [0, 0.05) is 32.4 Å². The van der Waals surface area contributed by atoms with Gasteiger partial charge >= 0.3 is 0 Å². The average molecular weight is 331 g/mol. The number of ether oxygens (including phenoxy) is 1. The summed E-state index contributed by atoms with van der Waals surface area (Å²) < 4.78 is 5.24. The van der Waals surface area contributed by atoms with Crippen LogP contribution in [-0.4, -0.2) is 48.6 Å². The summed E-state index contributed by atoms with van der Waals surface area (Å²) in [5.41, 5.74) is 0.683. The summed E-state index contributed by atoms with van der Waals surface area (Å²) in [6.45, 7) is 2.35. The average Bonchev–Trinajstić information content (AvgIpc) is 2.63. The van der Waals surface area contributed by atoms with Gasteiger partial charge in [0.25, 0.3) is 5.91 Å². The van der Waals surface area contributed by atoms with Gasteiger partial charge in [-0.1, -0.05) is 19.3 Å². The van der Waals surface area contributed by atoms with Crippen LogP contribution >= 0.6 is 0 Å². The summed E-state index contributed by atoms with van der Waals surface area (Å²) >= 11 is 0. The van der Waals surface area contributed by atoms with Crippen molar-refractivity contribution in [1.29, 1.82) is 0 Å².